The molecule has 0 heterocycles. The summed E-state index contributed by atoms with van der Waals surface area (Å²) >= 11 is 5.23. The van der Waals surface area contributed by atoms with Gasteiger partial charge in [0.25, 0.3) is 7.38 Å². The minimum Gasteiger partial charge on any atom is -0.304 e. The Labute approximate surface area is 79.7 Å². The van der Waals surface area contributed by atoms with E-state index in [0.29, 0.717) is 18.8 Å². The van der Waals surface area contributed by atoms with E-state index in [0.717, 1.165) is 0 Å². The molecule has 0 rings (SSSR count). The minimum absolute atomic E-state index is 0.344. The van der Waals surface area contributed by atoms with Crippen molar-refractivity contribution in [3.63, 3.8) is 0 Å². The molecule has 0 aliphatic rings. The first-order chi connectivity index (χ1) is 5.45. The number of hydrogen-bond donors (Lipinski definition) is 0. The molecule has 0 aromatic rings. The zero-order valence-electron chi connectivity index (χ0n) is 8.00. The molecule has 0 bridgehead atoms. The molecule has 0 saturated carbocycles. The molecule has 0 radical (unpaired) electrons. The smallest absolute Gasteiger partial charge is 0.280 e. The molecular formula is C7H17ClNO2P. The van der Waals surface area contributed by atoms with E-state index in [1.54, 1.807) is 0 Å². The summed E-state index contributed by atoms with van der Waals surface area (Å²) in [7, 11) is -2.32. The van der Waals surface area contributed by atoms with Gasteiger partial charge in [-0.2, -0.15) is 0 Å². The molecule has 0 aliphatic heterocycles. The summed E-state index contributed by atoms with van der Waals surface area (Å²) < 4.78 is 15.4. The summed E-state index contributed by atoms with van der Waals surface area (Å²) in [6.07, 6.45) is 0. The Balaban J connectivity index is 3.88. The maximum atomic E-state index is 10.5. The molecule has 1 unspecified atom stereocenters. The topological polar surface area (TPSA) is 29.5 Å². The average molecular weight is 214 g/mol. The van der Waals surface area contributed by atoms with E-state index in [4.69, 9.17) is 15.8 Å². The van der Waals surface area contributed by atoms with Crippen LogP contribution in [0.25, 0.3) is 0 Å². The molecule has 0 fully saturated rings. The highest BCUT2D eigenvalue weighted by atomic mass is 35.7. The lowest BCUT2D eigenvalue weighted by Gasteiger charge is -2.29. The number of nitrogens with zero attached hydrogens (tertiary/aromatic N) is 1. The lowest BCUT2D eigenvalue weighted by molar-refractivity contribution is 0.0762. The van der Waals surface area contributed by atoms with Gasteiger partial charge in [0, 0.05) is 12.1 Å². The van der Waals surface area contributed by atoms with Crippen molar-refractivity contribution in [1.29, 1.82) is 0 Å². The molecule has 0 aromatic carbocycles. The van der Waals surface area contributed by atoms with E-state index in [9.17, 15) is 4.57 Å². The van der Waals surface area contributed by atoms with Gasteiger partial charge in [0.1, 0.15) is 6.73 Å². The summed E-state index contributed by atoms with van der Waals surface area (Å²) in [6, 6.07) is 0.756. The van der Waals surface area contributed by atoms with Crippen LogP contribution in [-0.4, -0.2) is 23.7 Å². The van der Waals surface area contributed by atoms with Gasteiger partial charge in [0.15, 0.2) is 0 Å². The standard InChI is InChI=1S/C7H17ClNO2P/c1-6(2)9(7(3)4)5-11-12(8)10/h6-7,12H,5H2,1-4H3. The van der Waals surface area contributed by atoms with Crippen LogP contribution in [0.3, 0.4) is 0 Å². The first-order valence-corrected chi connectivity index (χ1v) is 6.36. The van der Waals surface area contributed by atoms with Gasteiger partial charge in [-0.15, -0.1) is 0 Å². The maximum Gasteiger partial charge on any atom is 0.280 e. The molecule has 5 heteroatoms. The van der Waals surface area contributed by atoms with Crippen LogP contribution in [0.1, 0.15) is 27.7 Å². The average Bonchev–Trinajstić information content (AvgIpc) is 1.84. The third-order valence-corrected chi connectivity index (χ3v) is 2.34. The van der Waals surface area contributed by atoms with E-state index >= 15 is 0 Å². The van der Waals surface area contributed by atoms with Crippen LogP contribution in [0.4, 0.5) is 0 Å². The first-order valence-electron chi connectivity index (χ1n) is 4.03. The van der Waals surface area contributed by atoms with Gasteiger partial charge in [-0.1, -0.05) is 0 Å². The molecular weight excluding hydrogens is 197 g/mol. The molecule has 74 valence electrons. The lowest BCUT2D eigenvalue weighted by Crippen LogP contribution is -2.37. The van der Waals surface area contributed by atoms with Crippen molar-refractivity contribution in [3.8, 4) is 0 Å². The molecule has 0 N–H and O–H groups in total. The van der Waals surface area contributed by atoms with E-state index in [1.165, 1.54) is 0 Å². The van der Waals surface area contributed by atoms with Crippen LogP contribution in [0.5, 0.6) is 0 Å². The summed E-state index contributed by atoms with van der Waals surface area (Å²) in [5.74, 6) is 0. The predicted molar refractivity (Wildman–Crippen MR) is 52.9 cm³/mol. The van der Waals surface area contributed by atoms with Crippen molar-refractivity contribution in [2.24, 2.45) is 0 Å². The SMILES string of the molecule is CC(C)N(CO[PH](=O)Cl)C(C)C. The molecule has 12 heavy (non-hydrogen) atoms. The Hall–Kier alpha value is 0.440. The van der Waals surface area contributed by atoms with Crippen LogP contribution in [0.2, 0.25) is 0 Å². The Morgan fingerprint density at radius 2 is 1.75 bits per heavy atom. The van der Waals surface area contributed by atoms with E-state index in [2.05, 4.69) is 32.6 Å². The molecule has 0 spiro atoms. The molecule has 0 aromatic heterocycles. The van der Waals surface area contributed by atoms with Crippen molar-refractivity contribution < 1.29 is 9.09 Å². The summed E-state index contributed by atoms with van der Waals surface area (Å²) in [5, 5.41) is 0. The fourth-order valence-electron chi connectivity index (χ4n) is 1.02. The Morgan fingerprint density at radius 3 is 2.00 bits per heavy atom. The predicted octanol–water partition coefficient (Wildman–Crippen LogP) is 2.71. The summed E-state index contributed by atoms with van der Waals surface area (Å²) in [5.41, 5.74) is 0. The summed E-state index contributed by atoms with van der Waals surface area (Å²) in [6.45, 7) is 8.60. The first kappa shape index (κ1) is 12.4. The maximum absolute atomic E-state index is 10.5. The van der Waals surface area contributed by atoms with Crippen molar-refractivity contribution >= 4 is 18.6 Å². The van der Waals surface area contributed by atoms with Gasteiger partial charge < -0.3 is 4.52 Å². The Kier molecular flexibility index (Phi) is 6.20. The van der Waals surface area contributed by atoms with Gasteiger partial charge in [-0.25, -0.2) is 0 Å². The molecule has 3 nitrogen and oxygen atoms in total. The fourth-order valence-corrected chi connectivity index (χ4v) is 1.42. The van der Waals surface area contributed by atoms with Crippen LogP contribution in [0.15, 0.2) is 0 Å². The quantitative estimate of drug-likeness (QED) is 0.520. The van der Waals surface area contributed by atoms with E-state index < -0.39 is 7.38 Å². The van der Waals surface area contributed by atoms with Gasteiger partial charge in [-0.3, -0.25) is 9.46 Å². The van der Waals surface area contributed by atoms with Gasteiger partial charge in [0.05, 0.1) is 0 Å². The Morgan fingerprint density at radius 1 is 1.33 bits per heavy atom. The monoisotopic (exact) mass is 213 g/mol. The van der Waals surface area contributed by atoms with Gasteiger partial charge in [-0.05, 0) is 38.9 Å². The van der Waals surface area contributed by atoms with E-state index in [-0.39, 0.29) is 0 Å². The normalized spacial score (nSPS) is 14.7. The molecule has 0 saturated heterocycles. The molecule has 0 aliphatic carbocycles. The highest BCUT2D eigenvalue weighted by Crippen LogP contribution is 2.28. The second-order valence-corrected chi connectivity index (χ2v) is 4.90. The third-order valence-electron chi connectivity index (χ3n) is 1.65. The third kappa shape index (κ3) is 5.15. The van der Waals surface area contributed by atoms with Gasteiger partial charge in [0.2, 0.25) is 0 Å². The zero-order chi connectivity index (χ0) is 9.72. The number of rotatable bonds is 5. The second-order valence-electron chi connectivity index (χ2n) is 3.21. The summed E-state index contributed by atoms with van der Waals surface area (Å²) in [4.78, 5) is 2.07. The lowest BCUT2D eigenvalue weighted by atomic mass is 10.2. The zero-order valence-corrected chi connectivity index (χ0v) is 9.76. The highest BCUT2D eigenvalue weighted by Gasteiger charge is 2.13. The number of hydrogen-bond acceptors (Lipinski definition) is 3. The van der Waals surface area contributed by atoms with Crippen LogP contribution in [-0.2, 0) is 9.09 Å². The van der Waals surface area contributed by atoms with Crippen LogP contribution < -0.4 is 0 Å². The van der Waals surface area contributed by atoms with E-state index in [1.807, 2.05) is 0 Å². The minimum atomic E-state index is -2.32. The largest absolute Gasteiger partial charge is 0.304 e. The van der Waals surface area contributed by atoms with Crippen molar-refractivity contribution in [2.45, 2.75) is 39.8 Å². The highest BCUT2D eigenvalue weighted by molar-refractivity contribution is 7.69. The van der Waals surface area contributed by atoms with Crippen molar-refractivity contribution in [3.05, 3.63) is 0 Å². The van der Waals surface area contributed by atoms with Crippen LogP contribution >= 0.6 is 18.6 Å². The second kappa shape index (κ2) is 5.98. The van der Waals surface area contributed by atoms with Crippen LogP contribution in [0, 0.1) is 0 Å². The number of halogens is 1. The molecule has 0 amide bonds. The molecule has 1 atom stereocenters. The van der Waals surface area contributed by atoms with Crippen molar-refractivity contribution in [1.82, 2.24) is 4.90 Å². The fraction of sp³-hybridized carbons (Fsp3) is 1.00. The van der Waals surface area contributed by atoms with Crippen molar-refractivity contribution in [2.75, 3.05) is 6.73 Å². The Bertz CT molecular complexity index is 144. The van der Waals surface area contributed by atoms with Gasteiger partial charge >= 0.3 is 0 Å².